The molecule has 0 N–H and O–H groups in total. The maximum Gasteiger partial charge on any atom is 0.420 e. The van der Waals surface area contributed by atoms with Crippen molar-refractivity contribution in [3.05, 3.63) is 36.4 Å². The molecule has 0 amide bonds. The van der Waals surface area contributed by atoms with Gasteiger partial charge in [-0.15, -0.1) is 0 Å². The van der Waals surface area contributed by atoms with Crippen molar-refractivity contribution in [2.45, 2.75) is 45.0 Å². The molecule has 0 aliphatic carbocycles. The van der Waals surface area contributed by atoms with Crippen molar-refractivity contribution in [3.8, 4) is 5.75 Å². The van der Waals surface area contributed by atoms with E-state index in [1.165, 1.54) is 6.20 Å². The third-order valence-electron chi connectivity index (χ3n) is 5.48. The van der Waals surface area contributed by atoms with E-state index in [0.29, 0.717) is 17.9 Å². The van der Waals surface area contributed by atoms with Gasteiger partial charge in [0.05, 0.1) is 25.2 Å². The summed E-state index contributed by atoms with van der Waals surface area (Å²) < 4.78 is 71.8. The first-order valence-corrected chi connectivity index (χ1v) is 10.1. The van der Waals surface area contributed by atoms with Crippen LogP contribution in [0.3, 0.4) is 0 Å². The first kappa shape index (κ1) is 22.2. The standard InChI is InChI=1S/C20H21F5N6O/c1-12-2-3-13(11-32-16-7-26-5-4-14(16)20(23,24)25)9-30(12)18-8-27-15-6-28-31(10-17(21)22)19(15)29-18/h4-8,12-13,17H,2-3,9-11H2,1H3/t12-,13+/m1/s1. The monoisotopic (exact) mass is 456 g/mol. The zero-order valence-corrected chi connectivity index (χ0v) is 17.1. The van der Waals surface area contributed by atoms with Gasteiger partial charge in [0, 0.05) is 24.7 Å². The Morgan fingerprint density at radius 2 is 2.00 bits per heavy atom. The molecule has 32 heavy (non-hydrogen) atoms. The Bertz CT molecular complexity index is 1070. The number of alkyl halides is 5. The predicted molar refractivity (Wildman–Crippen MR) is 106 cm³/mol. The van der Waals surface area contributed by atoms with E-state index in [-0.39, 0.29) is 30.0 Å². The largest absolute Gasteiger partial charge is 0.491 e. The molecule has 0 unspecified atom stereocenters. The highest BCUT2D eigenvalue weighted by Crippen LogP contribution is 2.36. The van der Waals surface area contributed by atoms with E-state index in [1.54, 1.807) is 6.20 Å². The second-order valence-electron chi connectivity index (χ2n) is 7.78. The highest BCUT2D eigenvalue weighted by Gasteiger charge is 2.35. The van der Waals surface area contributed by atoms with Crippen molar-refractivity contribution in [3.63, 3.8) is 0 Å². The Labute approximate surface area is 180 Å². The van der Waals surface area contributed by atoms with Crippen molar-refractivity contribution < 1.29 is 26.7 Å². The molecule has 12 heteroatoms. The zero-order valence-electron chi connectivity index (χ0n) is 17.1. The number of halogens is 5. The molecule has 4 rings (SSSR count). The molecular formula is C20H21F5N6O. The third kappa shape index (κ3) is 4.73. The van der Waals surface area contributed by atoms with Crippen LogP contribution in [0.4, 0.5) is 27.8 Å². The maximum absolute atomic E-state index is 13.2. The highest BCUT2D eigenvalue weighted by atomic mass is 19.4. The lowest BCUT2D eigenvalue weighted by Crippen LogP contribution is -2.44. The Morgan fingerprint density at radius 3 is 2.75 bits per heavy atom. The summed E-state index contributed by atoms with van der Waals surface area (Å²) >= 11 is 0. The number of rotatable bonds is 6. The highest BCUT2D eigenvalue weighted by molar-refractivity contribution is 5.71. The van der Waals surface area contributed by atoms with E-state index in [2.05, 4.69) is 20.1 Å². The lowest BCUT2D eigenvalue weighted by molar-refractivity contribution is -0.139. The van der Waals surface area contributed by atoms with Crippen LogP contribution in [0, 0.1) is 5.92 Å². The average molecular weight is 456 g/mol. The molecule has 2 atom stereocenters. The van der Waals surface area contributed by atoms with Gasteiger partial charge in [-0.25, -0.2) is 23.4 Å². The number of ether oxygens (including phenoxy) is 1. The summed E-state index contributed by atoms with van der Waals surface area (Å²) in [4.78, 5) is 14.5. The van der Waals surface area contributed by atoms with E-state index in [1.807, 2.05) is 11.8 Å². The van der Waals surface area contributed by atoms with Gasteiger partial charge < -0.3 is 9.64 Å². The molecule has 4 heterocycles. The van der Waals surface area contributed by atoms with Gasteiger partial charge in [-0.05, 0) is 25.8 Å². The predicted octanol–water partition coefficient (Wildman–Crippen LogP) is 4.19. The van der Waals surface area contributed by atoms with Gasteiger partial charge in [-0.3, -0.25) is 4.98 Å². The Kier molecular flexibility index (Phi) is 6.11. The van der Waals surface area contributed by atoms with Crippen molar-refractivity contribution in [2.24, 2.45) is 5.92 Å². The molecule has 0 bridgehead atoms. The number of hydrogen-bond acceptors (Lipinski definition) is 6. The lowest BCUT2D eigenvalue weighted by atomic mass is 9.94. The maximum atomic E-state index is 13.2. The van der Waals surface area contributed by atoms with Crippen LogP contribution in [0.5, 0.6) is 5.75 Å². The van der Waals surface area contributed by atoms with E-state index in [4.69, 9.17) is 4.74 Å². The summed E-state index contributed by atoms with van der Waals surface area (Å²) in [6.07, 6.45) is -0.494. The van der Waals surface area contributed by atoms with Crippen molar-refractivity contribution in [1.29, 1.82) is 0 Å². The minimum atomic E-state index is -4.53. The van der Waals surface area contributed by atoms with Crippen LogP contribution in [-0.2, 0) is 12.7 Å². The van der Waals surface area contributed by atoms with Crippen molar-refractivity contribution in [2.75, 3.05) is 18.1 Å². The number of hydrogen-bond donors (Lipinski definition) is 0. The first-order valence-electron chi connectivity index (χ1n) is 10.1. The van der Waals surface area contributed by atoms with Gasteiger partial charge >= 0.3 is 6.18 Å². The first-order chi connectivity index (χ1) is 15.2. The van der Waals surface area contributed by atoms with Crippen molar-refractivity contribution in [1.82, 2.24) is 24.7 Å². The van der Waals surface area contributed by atoms with Gasteiger partial charge in [-0.2, -0.15) is 18.3 Å². The molecule has 0 aromatic carbocycles. The Morgan fingerprint density at radius 1 is 1.19 bits per heavy atom. The third-order valence-corrected chi connectivity index (χ3v) is 5.48. The summed E-state index contributed by atoms with van der Waals surface area (Å²) in [5.74, 6) is 0.140. The van der Waals surface area contributed by atoms with Gasteiger partial charge in [-0.1, -0.05) is 0 Å². The molecule has 7 nitrogen and oxygen atoms in total. The van der Waals surface area contributed by atoms with E-state index in [0.717, 1.165) is 36.0 Å². The number of pyridine rings is 1. The SMILES string of the molecule is C[C@@H]1CC[C@H](COc2cnccc2C(F)(F)F)CN1c1cnc2cnn(CC(F)F)c2n1. The van der Waals surface area contributed by atoms with Gasteiger partial charge in [0.2, 0.25) is 0 Å². The summed E-state index contributed by atoms with van der Waals surface area (Å²) in [5, 5.41) is 3.92. The molecule has 0 saturated carbocycles. The minimum absolute atomic E-state index is 0.0593. The molecule has 1 fully saturated rings. The second-order valence-corrected chi connectivity index (χ2v) is 7.78. The molecular weight excluding hydrogens is 435 g/mol. The van der Waals surface area contributed by atoms with Crippen molar-refractivity contribution >= 4 is 17.0 Å². The normalized spacial score (nSPS) is 19.7. The lowest BCUT2D eigenvalue weighted by Gasteiger charge is -2.38. The van der Waals surface area contributed by atoms with Crippen LogP contribution < -0.4 is 9.64 Å². The van der Waals surface area contributed by atoms with Crippen LogP contribution in [-0.4, -0.2) is 50.4 Å². The Hall–Kier alpha value is -3.05. The van der Waals surface area contributed by atoms with Gasteiger partial charge in [0.25, 0.3) is 6.43 Å². The quantitative estimate of drug-likeness (QED) is 0.518. The summed E-state index contributed by atoms with van der Waals surface area (Å²) in [5.41, 5.74) is -0.189. The van der Waals surface area contributed by atoms with Crippen LogP contribution in [0.25, 0.3) is 11.2 Å². The summed E-state index contributed by atoms with van der Waals surface area (Å²) in [6.45, 7) is 1.98. The second kappa shape index (κ2) is 8.83. The van der Waals surface area contributed by atoms with Gasteiger partial charge in [0.15, 0.2) is 5.65 Å². The molecule has 172 valence electrons. The van der Waals surface area contributed by atoms with Crippen LogP contribution in [0.1, 0.15) is 25.3 Å². The van der Waals surface area contributed by atoms with E-state index >= 15 is 0 Å². The Balaban J connectivity index is 1.50. The molecule has 0 radical (unpaired) electrons. The number of nitrogens with zero attached hydrogens (tertiary/aromatic N) is 6. The number of anilines is 1. The number of aromatic nitrogens is 5. The van der Waals surface area contributed by atoms with Gasteiger partial charge in [0.1, 0.15) is 29.2 Å². The fourth-order valence-corrected chi connectivity index (χ4v) is 3.82. The summed E-state index contributed by atoms with van der Waals surface area (Å²) in [6, 6.07) is 0.978. The smallest absolute Gasteiger partial charge is 0.420 e. The molecule has 1 saturated heterocycles. The number of fused-ring (bicyclic) bond motifs is 1. The number of piperidine rings is 1. The molecule has 1 aliphatic rings. The van der Waals surface area contributed by atoms with Crippen LogP contribution >= 0.6 is 0 Å². The fourth-order valence-electron chi connectivity index (χ4n) is 3.82. The molecule has 1 aliphatic heterocycles. The zero-order chi connectivity index (χ0) is 22.9. The molecule has 3 aromatic rings. The molecule has 0 spiro atoms. The molecule has 3 aromatic heterocycles. The summed E-state index contributed by atoms with van der Waals surface area (Å²) in [7, 11) is 0. The fraction of sp³-hybridized carbons (Fsp3) is 0.500. The van der Waals surface area contributed by atoms with Crippen LogP contribution in [0.15, 0.2) is 30.9 Å². The topological polar surface area (TPSA) is 69.0 Å². The van der Waals surface area contributed by atoms with E-state index in [9.17, 15) is 22.0 Å². The minimum Gasteiger partial charge on any atom is -0.491 e. The van der Waals surface area contributed by atoms with Crippen LogP contribution in [0.2, 0.25) is 0 Å². The van der Waals surface area contributed by atoms with E-state index < -0.39 is 24.7 Å². The average Bonchev–Trinajstić information content (AvgIpc) is 3.14.